The Balaban J connectivity index is 1.46. The molecule has 0 bridgehead atoms. The lowest BCUT2D eigenvalue weighted by Gasteiger charge is -2.07. The van der Waals surface area contributed by atoms with Gasteiger partial charge in [0.1, 0.15) is 18.1 Å². The third-order valence-electron chi connectivity index (χ3n) is 4.18. The Morgan fingerprint density at radius 2 is 1.54 bits per heavy atom. The zero-order chi connectivity index (χ0) is 19.6. The summed E-state index contributed by atoms with van der Waals surface area (Å²) in [5.41, 5.74) is 3.08. The van der Waals surface area contributed by atoms with Gasteiger partial charge in [-0.25, -0.2) is 0 Å². The average Bonchev–Trinajstić information content (AvgIpc) is 2.76. The van der Waals surface area contributed by atoms with Crippen molar-refractivity contribution in [3.8, 4) is 11.5 Å². The fraction of sp³-hybridized carbons (Fsp3) is 0.125. The second-order valence-corrected chi connectivity index (χ2v) is 6.24. The van der Waals surface area contributed by atoms with Gasteiger partial charge >= 0.3 is 0 Å². The van der Waals surface area contributed by atoms with Gasteiger partial charge in [-0.15, -0.1) is 0 Å². The lowest BCUT2D eigenvalue weighted by atomic mass is 10.2. The molecule has 0 heterocycles. The summed E-state index contributed by atoms with van der Waals surface area (Å²) in [5, 5.41) is 2.87. The number of methoxy groups -OCH3 is 1. The topological polar surface area (TPSA) is 47.6 Å². The molecule has 3 rings (SSSR count). The Morgan fingerprint density at radius 3 is 2.21 bits per heavy atom. The van der Waals surface area contributed by atoms with Crippen molar-refractivity contribution in [2.75, 3.05) is 7.11 Å². The molecule has 0 radical (unpaired) electrons. The highest BCUT2D eigenvalue weighted by atomic mass is 16.5. The molecule has 0 unspecified atom stereocenters. The zero-order valence-electron chi connectivity index (χ0n) is 15.8. The Hall–Kier alpha value is -3.53. The highest BCUT2D eigenvalue weighted by molar-refractivity contribution is 5.91. The first kappa shape index (κ1) is 19.2. The van der Waals surface area contributed by atoms with Gasteiger partial charge < -0.3 is 14.8 Å². The maximum Gasteiger partial charge on any atom is 0.244 e. The molecule has 0 fully saturated rings. The maximum absolute atomic E-state index is 11.9. The molecule has 28 heavy (non-hydrogen) atoms. The number of nitrogens with one attached hydrogen (secondary N) is 1. The van der Waals surface area contributed by atoms with E-state index < -0.39 is 0 Å². The SMILES string of the molecule is COc1ccc(COc2ccc(/C=C/C(=O)NCc3ccccc3)cc2)cc1. The van der Waals surface area contributed by atoms with Gasteiger partial charge in [0.2, 0.25) is 5.91 Å². The molecular formula is C24H23NO3. The molecule has 0 saturated heterocycles. The minimum Gasteiger partial charge on any atom is -0.497 e. The van der Waals surface area contributed by atoms with Gasteiger partial charge in [-0.1, -0.05) is 54.6 Å². The van der Waals surface area contributed by atoms with Gasteiger partial charge in [-0.3, -0.25) is 4.79 Å². The van der Waals surface area contributed by atoms with Gasteiger partial charge in [-0.2, -0.15) is 0 Å². The molecule has 0 aromatic heterocycles. The quantitative estimate of drug-likeness (QED) is 0.587. The number of benzene rings is 3. The smallest absolute Gasteiger partial charge is 0.244 e. The van der Waals surface area contributed by atoms with E-state index in [1.165, 1.54) is 6.08 Å². The summed E-state index contributed by atoms with van der Waals surface area (Å²) in [6.45, 7) is 1.00. The van der Waals surface area contributed by atoms with E-state index in [9.17, 15) is 4.79 Å². The molecular weight excluding hydrogens is 350 g/mol. The number of rotatable bonds is 8. The Labute approximate surface area is 165 Å². The first-order chi connectivity index (χ1) is 13.7. The van der Waals surface area contributed by atoms with Crippen molar-refractivity contribution in [1.82, 2.24) is 5.32 Å². The lowest BCUT2D eigenvalue weighted by molar-refractivity contribution is -0.116. The largest absolute Gasteiger partial charge is 0.497 e. The highest BCUT2D eigenvalue weighted by Gasteiger charge is 1.99. The predicted octanol–water partition coefficient (Wildman–Crippen LogP) is 4.60. The van der Waals surface area contributed by atoms with Gasteiger partial charge in [0, 0.05) is 12.6 Å². The van der Waals surface area contributed by atoms with Gasteiger partial charge in [0.15, 0.2) is 0 Å². The predicted molar refractivity (Wildman–Crippen MR) is 111 cm³/mol. The molecule has 1 amide bonds. The summed E-state index contributed by atoms with van der Waals surface area (Å²) in [7, 11) is 1.65. The Kier molecular flexibility index (Phi) is 6.85. The van der Waals surface area contributed by atoms with E-state index in [4.69, 9.17) is 9.47 Å². The molecule has 0 aliphatic rings. The average molecular weight is 373 g/mol. The fourth-order valence-electron chi connectivity index (χ4n) is 2.58. The zero-order valence-corrected chi connectivity index (χ0v) is 15.8. The Bertz CT molecular complexity index is 901. The number of hydrogen-bond acceptors (Lipinski definition) is 3. The van der Waals surface area contributed by atoms with Gasteiger partial charge in [0.05, 0.1) is 7.11 Å². The summed E-state index contributed by atoms with van der Waals surface area (Å²) in [4.78, 5) is 11.9. The third-order valence-corrected chi connectivity index (χ3v) is 4.18. The molecule has 0 atom stereocenters. The van der Waals surface area contributed by atoms with E-state index in [0.29, 0.717) is 13.2 Å². The first-order valence-corrected chi connectivity index (χ1v) is 9.08. The molecule has 0 aliphatic carbocycles. The molecule has 0 saturated carbocycles. The minimum atomic E-state index is -0.122. The molecule has 0 aliphatic heterocycles. The van der Waals surface area contributed by atoms with Crippen molar-refractivity contribution in [2.45, 2.75) is 13.2 Å². The van der Waals surface area contributed by atoms with Crippen LogP contribution in [0.2, 0.25) is 0 Å². The molecule has 142 valence electrons. The third kappa shape index (κ3) is 6.02. The molecule has 1 N–H and O–H groups in total. The summed E-state index contributed by atoms with van der Waals surface area (Å²) in [6.07, 6.45) is 3.32. The molecule has 3 aromatic rings. The molecule has 0 spiro atoms. The van der Waals surface area contributed by atoms with Crippen LogP contribution in [-0.2, 0) is 17.9 Å². The van der Waals surface area contributed by atoms with E-state index in [1.54, 1.807) is 13.2 Å². The van der Waals surface area contributed by atoms with E-state index in [0.717, 1.165) is 28.2 Å². The van der Waals surface area contributed by atoms with Crippen LogP contribution in [0, 0.1) is 0 Å². The maximum atomic E-state index is 11.9. The normalized spacial score (nSPS) is 10.6. The van der Waals surface area contributed by atoms with Crippen LogP contribution in [0.3, 0.4) is 0 Å². The number of hydrogen-bond donors (Lipinski definition) is 1. The monoisotopic (exact) mass is 373 g/mol. The fourth-order valence-corrected chi connectivity index (χ4v) is 2.58. The van der Waals surface area contributed by atoms with E-state index in [-0.39, 0.29) is 5.91 Å². The van der Waals surface area contributed by atoms with Crippen LogP contribution in [0.25, 0.3) is 6.08 Å². The standard InChI is InChI=1S/C24H23NO3/c1-27-22-12-9-21(10-13-22)18-28-23-14-7-19(8-15-23)11-16-24(26)25-17-20-5-3-2-4-6-20/h2-16H,17-18H2,1H3,(H,25,26)/b16-11+. The van der Waals surface area contributed by atoms with Crippen molar-refractivity contribution in [2.24, 2.45) is 0 Å². The molecule has 4 heteroatoms. The van der Waals surface area contributed by atoms with Crippen LogP contribution in [-0.4, -0.2) is 13.0 Å². The second-order valence-electron chi connectivity index (χ2n) is 6.24. The van der Waals surface area contributed by atoms with Crippen molar-refractivity contribution < 1.29 is 14.3 Å². The summed E-state index contributed by atoms with van der Waals surface area (Å²) >= 11 is 0. The lowest BCUT2D eigenvalue weighted by Crippen LogP contribution is -2.20. The van der Waals surface area contributed by atoms with E-state index in [2.05, 4.69) is 5.32 Å². The van der Waals surface area contributed by atoms with E-state index >= 15 is 0 Å². The minimum absolute atomic E-state index is 0.122. The van der Waals surface area contributed by atoms with Crippen LogP contribution in [0.1, 0.15) is 16.7 Å². The van der Waals surface area contributed by atoms with Gasteiger partial charge in [0.25, 0.3) is 0 Å². The number of amides is 1. The Morgan fingerprint density at radius 1 is 0.857 bits per heavy atom. The van der Waals surface area contributed by atoms with Crippen LogP contribution in [0.5, 0.6) is 11.5 Å². The number of ether oxygens (including phenoxy) is 2. The van der Waals surface area contributed by atoms with Crippen LogP contribution in [0.15, 0.2) is 84.9 Å². The van der Waals surface area contributed by atoms with Crippen LogP contribution < -0.4 is 14.8 Å². The summed E-state index contributed by atoms with van der Waals surface area (Å²) in [6, 6.07) is 25.2. The highest BCUT2D eigenvalue weighted by Crippen LogP contribution is 2.17. The second kappa shape index (κ2) is 9.97. The van der Waals surface area contributed by atoms with Crippen molar-refractivity contribution >= 4 is 12.0 Å². The molecule has 4 nitrogen and oxygen atoms in total. The van der Waals surface area contributed by atoms with Gasteiger partial charge in [-0.05, 0) is 47.0 Å². The molecule has 3 aromatic carbocycles. The van der Waals surface area contributed by atoms with Crippen LogP contribution in [0.4, 0.5) is 0 Å². The first-order valence-electron chi connectivity index (χ1n) is 9.08. The van der Waals surface area contributed by atoms with Crippen molar-refractivity contribution in [3.05, 3.63) is 102 Å². The van der Waals surface area contributed by atoms with Crippen molar-refractivity contribution in [3.63, 3.8) is 0 Å². The summed E-state index contributed by atoms with van der Waals surface area (Å²) in [5.74, 6) is 1.48. The number of carbonyl (C=O) groups is 1. The van der Waals surface area contributed by atoms with Crippen molar-refractivity contribution in [1.29, 1.82) is 0 Å². The van der Waals surface area contributed by atoms with Crippen LogP contribution >= 0.6 is 0 Å². The van der Waals surface area contributed by atoms with E-state index in [1.807, 2.05) is 78.9 Å². The summed E-state index contributed by atoms with van der Waals surface area (Å²) < 4.78 is 10.9. The number of carbonyl (C=O) groups excluding carboxylic acids is 1.